The number of aryl methyl sites for hydroxylation is 1. The van der Waals surface area contributed by atoms with Gasteiger partial charge in [0.05, 0.1) is 11.2 Å². The van der Waals surface area contributed by atoms with Crippen LogP contribution in [0.15, 0.2) is 103 Å². The van der Waals surface area contributed by atoms with Crippen LogP contribution in [0.1, 0.15) is 23.2 Å². The summed E-state index contributed by atoms with van der Waals surface area (Å²) < 4.78 is 2.40. The molecule has 0 saturated carbocycles. The molecule has 0 spiro atoms. The van der Waals surface area contributed by atoms with E-state index in [1.165, 1.54) is 44.5 Å². The molecule has 30 heavy (non-hydrogen) atoms. The number of hydrogen-bond donors (Lipinski definition) is 0. The standard InChI is InChI=1S/C29H25N/c1-22-15-17-23(18-16-22)24-19-20-29-27(21-24)26-13-9-4-2-3-5-10-14-28(26)30(29)25-11-7-6-8-12-25/h2-4,6-12,14-21H,5,13H2,1H3/b3-2-,9-4-,14-10-. The predicted molar refractivity (Wildman–Crippen MR) is 129 cm³/mol. The Morgan fingerprint density at radius 2 is 1.50 bits per heavy atom. The largest absolute Gasteiger partial charge is 0.310 e. The number of hydrogen-bond acceptors (Lipinski definition) is 0. The van der Waals surface area contributed by atoms with Crippen molar-refractivity contribution in [3.05, 3.63) is 120 Å². The first-order valence-electron chi connectivity index (χ1n) is 10.6. The maximum atomic E-state index is 2.40. The first-order chi connectivity index (χ1) is 14.8. The topological polar surface area (TPSA) is 4.93 Å². The molecule has 0 radical (unpaired) electrons. The van der Waals surface area contributed by atoms with E-state index in [-0.39, 0.29) is 0 Å². The number of fused-ring (bicyclic) bond motifs is 3. The van der Waals surface area contributed by atoms with E-state index in [9.17, 15) is 0 Å². The molecule has 0 fully saturated rings. The van der Waals surface area contributed by atoms with E-state index in [2.05, 4.69) is 121 Å². The number of allylic oxidation sites excluding steroid dienone is 5. The van der Waals surface area contributed by atoms with Crippen molar-refractivity contribution in [2.24, 2.45) is 0 Å². The Hall–Kier alpha value is -3.58. The molecule has 1 aromatic heterocycles. The quantitative estimate of drug-likeness (QED) is 0.332. The maximum Gasteiger partial charge on any atom is 0.0538 e. The second-order valence-corrected chi connectivity index (χ2v) is 7.83. The van der Waals surface area contributed by atoms with Crippen LogP contribution in [0.3, 0.4) is 0 Å². The van der Waals surface area contributed by atoms with E-state index in [4.69, 9.17) is 0 Å². The van der Waals surface area contributed by atoms with Crippen molar-refractivity contribution >= 4 is 17.0 Å². The third kappa shape index (κ3) is 3.44. The number of para-hydroxylation sites is 1. The van der Waals surface area contributed by atoms with Crippen LogP contribution < -0.4 is 0 Å². The normalized spacial score (nSPS) is 16.7. The Balaban J connectivity index is 1.78. The lowest BCUT2D eigenvalue weighted by Gasteiger charge is -2.10. The van der Waals surface area contributed by atoms with Gasteiger partial charge in [-0.05, 0) is 66.8 Å². The van der Waals surface area contributed by atoms with Crippen molar-refractivity contribution in [2.45, 2.75) is 19.8 Å². The Morgan fingerprint density at radius 3 is 2.33 bits per heavy atom. The van der Waals surface area contributed by atoms with Gasteiger partial charge in [-0.25, -0.2) is 0 Å². The summed E-state index contributed by atoms with van der Waals surface area (Å²) >= 11 is 0. The van der Waals surface area contributed by atoms with Crippen molar-refractivity contribution in [3.63, 3.8) is 0 Å². The molecule has 5 rings (SSSR count). The lowest BCUT2D eigenvalue weighted by atomic mass is 9.99. The molecule has 0 N–H and O–H groups in total. The molecule has 1 nitrogen and oxygen atoms in total. The van der Waals surface area contributed by atoms with E-state index >= 15 is 0 Å². The fourth-order valence-electron chi connectivity index (χ4n) is 4.23. The molecule has 3 aromatic carbocycles. The number of benzene rings is 3. The highest BCUT2D eigenvalue weighted by molar-refractivity contribution is 5.93. The van der Waals surface area contributed by atoms with Gasteiger partial charge in [-0.2, -0.15) is 0 Å². The minimum Gasteiger partial charge on any atom is -0.310 e. The van der Waals surface area contributed by atoms with Gasteiger partial charge in [0.1, 0.15) is 0 Å². The molecule has 1 heteroatoms. The third-order valence-electron chi connectivity index (χ3n) is 5.77. The molecular weight excluding hydrogens is 362 g/mol. The smallest absolute Gasteiger partial charge is 0.0538 e. The Labute approximate surface area is 178 Å². The summed E-state index contributed by atoms with van der Waals surface area (Å²) in [5, 5.41) is 1.32. The van der Waals surface area contributed by atoms with Crippen molar-refractivity contribution in [1.82, 2.24) is 4.57 Å². The SMILES string of the molecule is Cc1ccc(-c2ccc3c(c2)c2c(n3-c3ccccc3)/C=C\C/C=C\C=C/C2)cc1. The van der Waals surface area contributed by atoms with Crippen molar-refractivity contribution in [1.29, 1.82) is 0 Å². The van der Waals surface area contributed by atoms with Crippen LogP contribution in [0, 0.1) is 6.92 Å². The van der Waals surface area contributed by atoms with Gasteiger partial charge in [0.25, 0.3) is 0 Å². The Morgan fingerprint density at radius 1 is 0.733 bits per heavy atom. The lowest BCUT2D eigenvalue weighted by molar-refractivity contribution is 1.08. The molecular formula is C29H25N. The molecule has 0 aliphatic heterocycles. The highest BCUT2D eigenvalue weighted by Gasteiger charge is 2.17. The maximum absolute atomic E-state index is 2.40. The van der Waals surface area contributed by atoms with Crippen LogP contribution in [0.2, 0.25) is 0 Å². The first kappa shape index (κ1) is 18.4. The second-order valence-electron chi connectivity index (χ2n) is 7.83. The van der Waals surface area contributed by atoms with Gasteiger partial charge in [-0.15, -0.1) is 0 Å². The third-order valence-corrected chi connectivity index (χ3v) is 5.77. The Kier molecular flexibility index (Phi) is 4.94. The average Bonchev–Trinajstić information content (AvgIpc) is 3.10. The van der Waals surface area contributed by atoms with Crippen molar-refractivity contribution in [3.8, 4) is 16.8 Å². The lowest BCUT2D eigenvalue weighted by Crippen LogP contribution is -1.97. The minimum atomic E-state index is 0.914. The van der Waals surface area contributed by atoms with Gasteiger partial charge in [-0.1, -0.05) is 84.5 Å². The average molecular weight is 388 g/mol. The first-order valence-corrected chi connectivity index (χ1v) is 10.6. The predicted octanol–water partition coefficient (Wildman–Crippen LogP) is 7.68. The summed E-state index contributed by atoms with van der Waals surface area (Å²) in [7, 11) is 0. The van der Waals surface area contributed by atoms with Crippen LogP contribution >= 0.6 is 0 Å². The van der Waals surface area contributed by atoms with Crippen LogP contribution in [0.25, 0.3) is 33.8 Å². The van der Waals surface area contributed by atoms with E-state index in [0.29, 0.717) is 0 Å². The molecule has 0 amide bonds. The van der Waals surface area contributed by atoms with Crippen LogP contribution in [-0.2, 0) is 6.42 Å². The van der Waals surface area contributed by atoms with Gasteiger partial charge >= 0.3 is 0 Å². The number of aromatic nitrogens is 1. The fraction of sp³-hybridized carbons (Fsp3) is 0.103. The fourth-order valence-corrected chi connectivity index (χ4v) is 4.23. The molecule has 0 bridgehead atoms. The zero-order valence-electron chi connectivity index (χ0n) is 17.3. The summed E-state index contributed by atoms with van der Waals surface area (Å²) in [6, 6.07) is 26.4. The zero-order valence-corrected chi connectivity index (χ0v) is 17.3. The van der Waals surface area contributed by atoms with E-state index in [1.54, 1.807) is 0 Å². The molecule has 0 saturated heterocycles. The zero-order chi connectivity index (χ0) is 20.3. The van der Waals surface area contributed by atoms with E-state index < -0.39 is 0 Å². The van der Waals surface area contributed by atoms with Gasteiger partial charge in [0.2, 0.25) is 0 Å². The van der Waals surface area contributed by atoms with Gasteiger partial charge < -0.3 is 4.57 Å². The number of nitrogens with zero attached hydrogens (tertiary/aromatic N) is 1. The van der Waals surface area contributed by atoms with Crippen LogP contribution in [0.5, 0.6) is 0 Å². The number of rotatable bonds is 2. The minimum absolute atomic E-state index is 0.914. The van der Waals surface area contributed by atoms with Gasteiger partial charge in [0, 0.05) is 11.1 Å². The highest BCUT2D eigenvalue weighted by atomic mass is 15.0. The monoisotopic (exact) mass is 387 g/mol. The summed E-state index contributed by atoms with van der Waals surface area (Å²) in [5.41, 5.74) is 8.93. The molecule has 146 valence electrons. The Bertz CT molecular complexity index is 1270. The summed E-state index contributed by atoms with van der Waals surface area (Å²) in [5.74, 6) is 0. The summed E-state index contributed by atoms with van der Waals surface area (Å²) in [6.07, 6.45) is 15.2. The van der Waals surface area contributed by atoms with Crippen molar-refractivity contribution in [2.75, 3.05) is 0 Å². The second kappa shape index (κ2) is 8.04. The van der Waals surface area contributed by atoms with E-state index in [1.807, 2.05) is 0 Å². The molecule has 0 unspecified atom stereocenters. The summed E-state index contributed by atoms with van der Waals surface area (Å²) in [4.78, 5) is 0. The van der Waals surface area contributed by atoms with Crippen LogP contribution in [-0.4, -0.2) is 4.57 Å². The molecule has 0 atom stereocenters. The van der Waals surface area contributed by atoms with Gasteiger partial charge in [0.15, 0.2) is 0 Å². The molecule has 1 heterocycles. The van der Waals surface area contributed by atoms with E-state index in [0.717, 1.165) is 12.8 Å². The molecule has 1 aliphatic carbocycles. The molecule has 4 aromatic rings. The summed E-state index contributed by atoms with van der Waals surface area (Å²) in [6.45, 7) is 2.13. The van der Waals surface area contributed by atoms with Crippen molar-refractivity contribution < 1.29 is 0 Å². The molecule has 1 aliphatic rings. The van der Waals surface area contributed by atoms with Gasteiger partial charge in [-0.3, -0.25) is 0 Å². The van der Waals surface area contributed by atoms with Crippen LogP contribution in [0.4, 0.5) is 0 Å². The highest BCUT2D eigenvalue weighted by Crippen LogP contribution is 2.34.